The molecule has 78 valence electrons. The van der Waals surface area contributed by atoms with Crippen molar-refractivity contribution in [3.05, 3.63) is 11.9 Å². The van der Waals surface area contributed by atoms with Gasteiger partial charge in [-0.15, -0.1) is 0 Å². The van der Waals surface area contributed by atoms with Crippen LogP contribution in [0.1, 0.15) is 25.0 Å². The molecular weight excluding hydrogens is 198 g/mol. The first kappa shape index (κ1) is 10.0. The molecule has 1 fully saturated rings. The number of rotatable bonds is 3. The van der Waals surface area contributed by atoms with Crippen molar-refractivity contribution in [1.29, 1.82) is 0 Å². The average molecular weight is 213 g/mol. The number of nitrogens with two attached hydrogens (primary N) is 1. The first-order chi connectivity index (χ1) is 6.77. The Morgan fingerprint density at radius 1 is 1.64 bits per heavy atom. The topological polar surface area (TPSA) is 72.0 Å². The summed E-state index contributed by atoms with van der Waals surface area (Å²) in [5, 5.41) is 9.95. The number of hydrogen-bond acceptors (Lipinski definition) is 5. The van der Waals surface area contributed by atoms with Crippen molar-refractivity contribution in [2.45, 2.75) is 37.8 Å². The molecule has 4 nitrogen and oxygen atoms in total. The van der Waals surface area contributed by atoms with Crippen LogP contribution < -0.4 is 5.73 Å². The highest BCUT2D eigenvalue weighted by atomic mass is 32.1. The van der Waals surface area contributed by atoms with E-state index >= 15 is 0 Å². The largest absolute Gasteiger partial charge is 0.392 e. The lowest BCUT2D eigenvalue weighted by molar-refractivity contribution is 0.102. The molecule has 0 bridgehead atoms. The highest BCUT2D eigenvalue weighted by Crippen LogP contribution is 2.28. The minimum Gasteiger partial charge on any atom is -0.392 e. The van der Waals surface area contributed by atoms with Crippen LogP contribution in [0.25, 0.3) is 0 Å². The molecule has 0 radical (unpaired) electrons. The van der Waals surface area contributed by atoms with E-state index in [-0.39, 0.29) is 18.1 Å². The Labute approximate surface area is 87.5 Å². The van der Waals surface area contributed by atoms with Gasteiger partial charge < -0.3 is 10.8 Å². The standard InChI is InChI=1S/C9H15N3OS/c10-8-3-1-2-7(8)9(13)4-6-5-11-14-12-6/h5,7-9,13H,1-4,10H2/t7-,8+,9?/m0/s1. The van der Waals surface area contributed by atoms with Crippen molar-refractivity contribution in [2.24, 2.45) is 11.7 Å². The van der Waals surface area contributed by atoms with Gasteiger partial charge in [0.2, 0.25) is 0 Å². The smallest absolute Gasteiger partial charge is 0.0768 e. The normalized spacial score (nSPS) is 29.3. The molecule has 14 heavy (non-hydrogen) atoms. The van der Waals surface area contributed by atoms with E-state index in [4.69, 9.17) is 5.73 Å². The van der Waals surface area contributed by atoms with Crippen LogP contribution in [-0.2, 0) is 6.42 Å². The summed E-state index contributed by atoms with van der Waals surface area (Å²) in [4.78, 5) is 0. The highest BCUT2D eigenvalue weighted by molar-refractivity contribution is 6.99. The maximum absolute atomic E-state index is 9.95. The molecular formula is C9H15N3OS. The van der Waals surface area contributed by atoms with E-state index < -0.39 is 0 Å². The predicted octanol–water partition coefficient (Wildman–Crippen LogP) is 0.569. The zero-order valence-corrected chi connectivity index (χ0v) is 8.78. The average Bonchev–Trinajstić information content (AvgIpc) is 2.75. The van der Waals surface area contributed by atoms with Crippen molar-refractivity contribution in [1.82, 2.24) is 8.75 Å². The van der Waals surface area contributed by atoms with Crippen LogP contribution >= 0.6 is 11.7 Å². The number of aliphatic hydroxyl groups is 1. The van der Waals surface area contributed by atoms with Gasteiger partial charge in [0.25, 0.3) is 0 Å². The fourth-order valence-electron chi connectivity index (χ4n) is 2.13. The van der Waals surface area contributed by atoms with Crippen molar-refractivity contribution < 1.29 is 5.11 Å². The van der Waals surface area contributed by atoms with Crippen LogP contribution in [0.2, 0.25) is 0 Å². The summed E-state index contributed by atoms with van der Waals surface area (Å²) in [5.74, 6) is 0.247. The molecule has 5 heteroatoms. The van der Waals surface area contributed by atoms with Crippen molar-refractivity contribution >= 4 is 11.7 Å². The summed E-state index contributed by atoms with van der Waals surface area (Å²) in [6.07, 6.45) is 5.18. The van der Waals surface area contributed by atoms with Crippen LogP contribution in [0.15, 0.2) is 6.20 Å². The minimum absolute atomic E-state index is 0.164. The van der Waals surface area contributed by atoms with Crippen LogP contribution in [-0.4, -0.2) is 26.0 Å². The van der Waals surface area contributed by atoms with Gasteiger partial charge in [-0.05, 0) is 12.8 Å². The Hall–Kier alpha value is -0.520. The molecule has 1 unspecified atom stereocenters. The summed E-state index contributed by atoms with van der Waals surface area (Å²) in [7, 11) is 0. The number of nitrogens with zero attached hydrogens (tertiary/aromatic N) is 2. The van der Waals surface area contributed by atoms with Gasteiger partial charge in [0, 0.05) is 18.4 Å². The molecule has 0 aromatic carbocycles. The lowest BCUT2D eigenvalue weighted by Gasteiger charge is -2.20. The molecule has 1 aliphatic rings. The van der Waals surface area contributed by atoms with E-state index in [1.165, 1.54) is 11.7 Å². The Morgan fingerprint density at radius 2 is 2.50 bits per heavy atom. The molecule has 1 aliphatic carbocycles. The second-order valence-corrected chi connectivity index (χ2v) is 4.49. The zero-order valence-electron chi connectivity index (χ0n) is 7.97. The van der Waals surface area contributed by atoms with Crippen molar-refractivity contribution in [3.63, 3.8) is 0 Å². The molecule has 0 spiro atoms. The first-order valence-electron chi connectivity index (χ1n) is 4.97. The first-order valence-corrected chi connectivity index (χ1v) is 5.70. The molecule has 1 aromatic heterocycles. The van der Waals surface area contributed by atoms with Gasteiger partial charge >= 0.3 is 0 Å². The van der Waals surface area contributed by atoms with Gasteiger partial charge in [-0.1, -0.05) is 6.42 Å². The molecule has 3 N–H and O–H groups in total. The number of hydrogen-bond donors (Lipinski definition) is 2. The Kier molecular flexibility index (Phi) is 3.10. The molecule has 0 amide bonds. The molecule has 3 atom stereocenters. The highest BCUT2D eigenvalue weighted by Gasteiger charge is 2.30. The second-order valence-electron chi connectivity index (χ2n) is 3.93. The number of aromatic nitrogens is 2. The van der Waals surface area contributed by atoms with E-state index in [2.05, 4.69) is 8.75 Å². The van der Waals surface area contributed by atoms with E-state index in [0.29, 0.717) is 6.42 Å². The Balaban J connectivity index is 1.92. The quantitative estimate of drug-likeness (QED) is 0.770. The van der Waals surface area contributed by atoms with Gasteiger partial charge in [0.05, 0.1) is 29.7 Å². The van der Waals surface area contributed by atoms with Crippen LogP contribution in [0.4, 0.5) is 0 Å². The van der Waals surface area contributed by atoms with Gasteiger partial charge in [0.15, 0.2) is 0 Å². The van der Waals surface area contributed by atoms with Gasteiger partial charge in [-0.25, -0.2) is 0 Å². The monoisotopic (exact) mass is 213 g/mol. The minimum atomic E-state index is -0.351. The summed E-state index contributed by atoms with van der Waals surface area (Å²) in [6, 6.07) is 0.164. The van der Waals surface area contributed by atoms with E-state index in [9.17, 15) is 5.11 Å². The second kappa shape index (κ2) is 4.33. The lowest BCUT2D eigenvalue weighted by Crippen LogP contribution is -2.34. The van der Waals surface area contributed by atoms with Crippen molar-refractivity contribution in [3.8, 4) is 0 Å². The SMILES string of the molecule is N[C@@H]1CCC[C@@H]1C(O)Cc1cnsn1. The Bertz CT molecular complexity index is 278. The summed E-state index contributed by atoms with van der Waals surface area (Å²) in [6.45, 7) is 0. The molecule has 2 rings (SSSR count). The third-order valence-corrected chi connectivity index (χ3v) is 3.46. The maximum atomic E-state index is 9.95. The van der Waals surface area contributed by atoms with Gasteiger partial charge in [-0.3, -0.25) is 0 Å². The zero-order chi connectivity index (χ0) is 9.97. The van der Waals surface area contributed by atoms with Crippen LogP contribution in [0.3, 0.4) is 0 Å². The summed E-state index contributed by atoms with van der Waals surface area (Å²) >= 11 is 1.18. The fraction of sp³-hybridized carbons (Fsp3) is 0.778. The van der Waals surface area contributed by atoms with Crippen LogP contribution in [0.5, 0.6) is 0 Å². The Morgan fingerprint density at radius 3 is 3.07 bits per heavy atom. The van der Waals surface area contributed by atoms with E-state index in [0.717, 1.165) is 25.0 Å². The number of aliphatic hydroxyl groups excluding tert-OH is 1. The molecule has 0 aliphatic heterocycles. The molecule has 1 saturated carbocycles. The van der Waals surface area contributed by atoms with E-state index in [1.54, 1.807) is 6.20 Å². The molecule has 1 heterocycles. The molecule has 1 aromatic rings. The predicted molar refractivity (Wildman–Crippen MR) is 54.9 cm³/mol. The lowest BCUT2D eigenvalue weighted by atomic mass is 9.94. The van der Waals surface area contributed by atoms with Crippen molar-refractivity contribution in [2.75, 3.05) is 0 Å². The molecule has 0 saturated heterocycles. The summed E-state index contributed by atoms with van der Waals surface area (Å²) in [5.41, 5.74) is 6.79. The van der Waals surface area contributed by atoms with Gasteiger partial charge in [-0.2, -0.15) is 8.75 Å². The third kappa shape index (κ3) is 2.10. The van der Waals surface area contributed by atoms with E-state index in [1.807, 2.05) is 0 Å². The fourth-order valence-corrected chi connectivity index (χ4v) is 2.58. The van der Waals surface area contributed by atoms with Gasteiger partial charge in [0.1, 0.15) is 0 Å². The third-order valence-electron chi connectivity index (χ3n) is 2.94. The maximum Gasteiger partial charge on any atom is 0.0768 e. The van der Waals surface area contributed by atoms with Crippen LogP contribution in [0, 0.1) is 5.92 Å². The summed E-state index contributed by atoms with van der Waals surface area (Å²) < 4.78 is 7.99.